The number of carboxylic acid groups (broad SMARTS) is 1. The van der Waals surface area contributed by atoms with E-state index in [4.69, 9.17) is 22.1 Å². The molecule has 1 heterocycles. The van der Waals surface area contributed by atoms with Crippen molar-refractivity contribution in [1.82, 2.24) is 4.90 Å². The SMILES string of the molecule is CC(C)Oc1ccc(/C=C2\SC(=S)N(CCCC(=O)O)C2=O)cc1. The molecule has 0 atom stereocenters. The Hall–Kier alpha value is -1.86. The van der Waals surface area contributed by atoms with Crippen LogP contribution in [0.3, 0.4) is 0 Å². The lowest BCUT2D eigenvalue weighted by Crippen LogP contribution is -2.29. The van der Waals surface area contributed by atoms with E-state index in [2.05, 4.69) is 0 Å². The number of thiocarbonyl (C=S) groups is 1. The van der Waals surface area contributed by atoms with Gasteiger partial charge in [-0.1, -0.05) is 36.1 Å². The fraction of sp³-hybridized carbons (Fsp3) is 0.353. The van der Waals surface area contributed by atoms with Crippen LogP contribution in [0.25, 0.3) is 6.08 Å². The zero-order valence-corrected chi connectivity index (χ0v) is 15.2. The summed E-state index contributed by atoms with van der Waals surface area (Å²) in [5, 5.41) is 8.68. The second-order valence-electron chi connectivity index (χ2n) is 5.57. The Morgan fingerprint density at radius 2 is 2.04 bits per heavy atom. The molecule has 1 aromatic carbocycles. The summed E-state index contributed by atoms with van der Waals surface area (Å²) in [6.45, 7) is 4.25. The number of hydrogen-bond acceptors (Lipinski definition) is 5. The van der Waals surface area contributed by atoms with Crippen LogP contribution in [0.2, 0.25) is 0 Å². The molecular formula is C17H19NO4S2. The summed E-state index contributed by atoms with van der Waals surface area (Å²) in [6.07, 6.45) is 2.30. The largest absolute Gasteiger partial charge is 0.491 e. The summed E-state index contributed by atoms with van der Waals surface area (Å²) in [4.78, 5) is 25.0. The van der Waals surface area contributed by atoms with Gasteiger partial charge in [-0.25, -0.2) is 0 Å². The molecule has 128 valence electrons. The van der Waals surface area contributed by atoms with E-state index in [9.17, 15) is 9.59 Å². The number of nitrogens with zero attached hydrogens (tertiary/aromatic N) is 1. The van der Waals surface area contributed by atoms with E-state index < -0.39 is 5.97 Å². The number of thioether (sulfide) groups is 1. The van der Waals surface area contributed by atoms with Gasteiger partial charge in [0.05, 0.1) is 11.0 Å². The first kappa shape index (κ1) is 18.5. The molecule has 0 unspecified atom stereocenters. The lowest BCUT2D eigenvalue weighted by atomic mass is 10.2. The Morgan fingerprint density at radius 3 is 2.62 bits per heavy atom. The van der Waals surface area contributed by atoms with Crippen LogP contribution >= 0.6 is 24.0 Å². The first-order valence-electron chi connectivity index (χ1n) is 7.60. The standard InChI is InChI=1S/C17H19NO4S2/c1-11(2)22-13-7-5-12(6-8-13)10-14-16(21)18(17(23)24-14)9-3-4-15(19)20/h5-8,10-11H,3-4,9H2,1-2H3,(H,19,20)/b14-10-. The maximum absolute atomic E-state index is 12.4. The predicted octanol–water partition coefficient (Wildman–Crippen LogP) is 3.54. The van der Waals surface area contributed by atoms with Crippen LogP contribution in [0.5, 0.6) is 5.75 Å². The third kappa shape index (κ3) is 5.07. The third-order valence-corrected chi connectivity index (χ3v) is 4.57. The Labute approximate surface area is 150 Å². The van der Waals surface area contributed by atoms with Gasteiger partial charge < -0.3 is 9.84 Å². The number of hydrogen-bond donors (Lipinski definition) is 1. The van der Waals surface area contributed by atoms with Gasteiger partial charge in [-0.05, 0) is 44.0 Å². The number of ether oxygens (including phenoxy) is 1. The summed E-state index contributed by atoms with van der Waals surface area (Å²) >= 11 is 6.46. The highest BCUT2D eigenvalue weighted by Gasteiger charge is 2.31. The van der Waals surface area contributed by atoms with Crippen molar-refractivity contribution in [3.8, 4) is 5.75 Å². The van der Waals surface area contributed by atoms with Crippen LogP contribution in [0.15, 0.2) is 29.2 Å². The van der Waals surface area contributed by atoms with Crippen LogP contribution in [0.1, 0.15) is 32.3 Å². The molecule has 1 N–H and O–H groups in total. The molecule has 24 heavy (non-hydrogen) atoms. The Bertz CT molecular complexity index is 668. The van der Waals surface area contributed by atoms with Gasteiger partial charge in [0.25, 0.3) is 5.91 Å². The second-order valence-corrected chi connectivity index (χ2v) is 7.24. The quantitative estimate of drug-likeness (QED) is 0.589. The Morgan fingerprint density at radius 1 is 1.38 bits per heavy atom. The van der Waals surface area contributed by atoms with Gasteiger partial charge >= 0.3 is 5.97 Å². The molecule has 7 heteroatoms. The molecule has 1 saturated heterocycles. The molecule has 1 fully saturated rings. The predicted molar refractivity (Wildman–Crippen MR) is 99.0 cm³/mol. The molecule has 1 amide bonds. The Balaban J connectivity index is 2.03. The molecule has 0 aromatic heterocycles. The fourth-order valence-electron chi connectivity index (χ4n) is 2.15. The third-order valence-electron chi connectivity index (χ3n) is 3.20. The first-order chi connectivity index (χ1) is 11.4. The van der Waals surface area contributed by atoms with Crippen LogP contribution < -0.4 is 4.74 Å². The van der Waals surface area contributed by atoms with Crippen molar-refractivity contribution < 1.29 is 19.4 Å². The zero-order valence-electron chi connectivity index (χ0n) is 13.5. The molecule has 0 radical (unpaired) electrons. The molecule has 0 bridgehead atoms. The van der Waals surface area contributed by atoms with Gasteiger partial charge in [-0.2, -0.15) is 0 Å². The number of carboxylic acids is 1. The fourth-order valence-corrected chi connectivity index (χ4v) is 3.46. The van der Waals surface area contributed by atoms with Crippen molar-refractivity contribution in [2.45, 2.75) is 32.8 Å². The van der Waals surface area contributed by atoms with Crippen molar-refractivity contribution in [3.63, 3.8) is 0 Å². The van der Waals surface area contributed by atoms with Gasteiger partial charge in [-0.3, -0.25) is 14.5 Å². The lowest BCUT2D eigenvalue weighted by Gasteiger charge is -2.13. The first-order valence-corrected chi connectivity index (χ1v) is 8.83. The minimum atomic E-state index is -0.875. The van der Waals surface area contributed by atoms with Crippen LogP contribution in [0, 0.1) is 0 Å². The number of benzene rings is 1. The number of aliphatic carboxylic acids is 1. The van der Waals surface area contributed by atoms with E-state index in [-0.39, 0.29) is 18.4 Å². The highest BCUT2D eigenvalue weighted by Crippen LogP contribution is 2.33. The highest BCUT2D eigenvalue weighted by atomic mass is 32.2. The van der Waals surface area contributed by atoms with Gasteiger partial charge in [0.2, 0.25) is 0 Å². The lowest BCUT2D eigenvalue weighted by molar-refractivity contribution is -0.137. The topological polar surface area (TPSA) is 66.8 Å². The number of carbonyl (C=O) groups is 2. The van der Waals surface area contributed by atoms with Crippen molar-refractivity contribution >= 4 is 46.3 Å². The van der Waals surface area contributed by atoms with Crippen molar-refractivity contribution in [3.05, 3.63) is 34.7 Å². The van der Waals surface area contributed by atoms with Crippen LogP contribution in [-0.2, 0) is 9.59 Å². The van der Waals surface area contributed by atoms with Crippen LogP contribution in [0.4, 0.5) is 0 Å². The maximum Gasteiger partial charge on any atom is 0.303 e. The monoisotopic (exact) mass is 365 g/mol. The molecule has 5 nitrogen and oxygen atoms in total. The Kier molecular flexibility index (Phi) is 6.39. The average molecular weight is 365 g/mol. The highest BCUT2D eigenvalue weighted by molar-refractivity contribution is 8.26. The normalized spacial score (nSPS) is 16.3. The van der Waals surface area contributed by atoms with Crippen molar-refractivity contribution in [2.24, 2.45) is 0 Å². The van der Waals surface area contributed by atoms with Crippen molar-refractivity contribution in [2.75, 3.05) is 6.54 Å². The van der Waals surface area contributed by atoms with E-state index in [1.165, 1.54) is 16.7 Å². The molecule has 1 aromatic rings. The summed E-state index contributed by atoms with van der Waals surface area (Å²) in [7, 11) is 0. The van der Waals surface area contributed by atoms with Crippen molar-refractivity contribution in [1.29, 1.82) is 0 Å². The van der Waals surface area contributed by atoms with E-state index in [0.717, 1.165) is 11.3 Å². The molecule has 0 aliphatic carbocycles. The minimum absolute atomic E-state index is 0.0213. The maximum atomic E-state index is 12.4. The number of amides is 1. The van der Waals surface area contributed by atoms with Gasteiger partial charge in [0.1, 0.15) is 10.1 Å². The van der Waals surface area contributed by atoms with E-state index in [0.29, 0.717) is 22.2 Å². The van der Waals surface area contributed by atoms with E-state index in [1.54, 1.807) is 6.08 Å². The van der Waals surface area contributed by atoms with E-state index in [1.807, 2.05) is 38.1 Å². The van der Waals surface area contributed by atoms with E-state index >= 15 is 0 Å². The molecule has 0 spiro atoms. The summed E-state index contributed by atoms with van der Waals surface area (Å²) < 4.78 is 6.06. The van der Waals surface area contributed by atoms with Gasteiger partial charge in [0.15, 0.2) is 0 Å². The molecular weight excluding hydrogens is 346 g/mol. The second kappa shape index (κ2) is 8.30. The molecule has 2 rings (SSSR count). The van der Waals surface area contributed by atoms with Gasteiger partial charge in [0, 0.05) is 13.0 Å². The molecule has 0 saturated carbocycles. The minimum Gasteiger partial charge on any atom is -0.491 e. The zero-order chi connectivity index (χ0) is 17.7. The molecule has 1 aliphatic rings. The van der Waals surface area contributed by atoms with Gasteiger partial charge in [-0.15, -0.1) is 0 Å². The summed E-state index contributed by atoms with van der Waals surface area (Å²) in [5.41, 5.74) is 0.886. The summed E-state index contributed by atoms with van der Waals surface area (Å²) in [6, 6.07) is 7.49. The number of rotatable bonds is 7. The molecule has 1 aliphatic heterocycles. The average Bonchev–Trinajstić information content (AvgIpc) is 2.76. The number of carbonyl (C=O) groups excluding carboxylic acids is 1. The van der Waals surface area contributed by atoms with Crippen LogP contribution in [-0.4, -0.2) is 38.9 Å². The smallest absolute Gasteiger partial charge is 0.303 e. The summed E-state index contributed by atoms with van der Waals surface area (Å²) in [5.74, 6) is -0.263.